The summed E-state index contributed by atoms with van der Waals surface area (Å²) in [6.07, 6.45) is 10.2. The minimum absolute atomic E-state index is 0.0204. The van der Waals surface area contributed by atoms with Gasteiger partial charge in [-0.1, -0.05) is 37.3 Å². The molecule has 172 valence electrons. The molecule has 0 amide bonds. The van der Waals surface area contributed by atoms with Gasteiger partial charge >= 0.3 is 5.97 Å². The average molecular weight is 431 g/mol. The van der Waals surface area contributed by atoms with Gasteiger partial charge in [0.2, 0.25) is 0 Å². The van der Waals surface area contributed by atoms with E-state index in [1.54, 1.807) is 0 Å². The number of rotatable bonds is 6. The third kappa shape index (κ3) is 5.39. The predicted octanol–water partition coefficient (Wildman–Crippen LogP) is 4.40. The molecule has 5 heteroatoms. The second-order valence-corrected chi connectivity index (χ2v) is 9.78. The average Bonchev–Trinajstić information content (AvgIpc) is 3.04. The Balaban J connectivity index is 1.70. The monoisotopic (exact) mass is 430 g/mol. The first-order valence-corrected chi connectivity index (χ1v) is 11.6. The van der Waals surface area contributed by atoms with Crippen LogP contribution in [-0.2, 0) is 14.3 Å². The Morgan fingerprint density at radius 3 is 2.77 bits per heavy atom. The van der Waals surface area contributed by atoms with Crippen LogP contribution in [0.5, 0.6) is 0 Å². The second kappa shape index (κ2) is 9.85. The highest BCUT2D eigenvalue weighted by molar-refractivity contribution is 5.70. The van der Waals surface area contributed by atoms with Crippen molar-refractivity contribution in [3.63, 3.8) is 0 Å². The number of hydrogen-bond acceptors (Lipinski definition) is 5. The summed E-state index contributed by atoms with van der Waals surface area (Å²) in [5, 5.41) is 20.1. The van der Waals surface area contributed by atoms with Gasteiger partial charge in [0, 0.05) is 6.42 Å². The van der Waals surface area contributed by atoms with Crippen LogP contribution in [0.15, 0.2) is 47.1 Å². The molecule has 0 aromatic rings. The summed E-state index contributed by atoms with van der Waals surface area (Å²) in [6.45, 7) is 12.0. The highest BCUT2D eigenvalue weighted by atomic mass is 16.6. The van der Waals surface area contributed by atoms with Crippen LogP contribution in [0.3, 0.4) is 0 Å². The summed E-state index contributed by atoms with van der Waals surface area (Å²) < 4.78 is 11.1. The standard InChI is InChI=1S/C26H38O5/c1-16(2)31-25(29)15-30-18(4)22-10-11-23-19(7-6-12-26(22,23)5)8-9-20-13-21(27)14-24(28)17(20)3/h8-10,16,18,21,23-24,27-28H,3,6-7,11-15H2,1-2,4-5H3/t18-,21+,23-,24-,26+/m0/s1. The van der Waals surface area contributed by atoms with E-state index in [2.05, 4.69) is 31.7 Å². The van der Waals surface area contributed by atoms with Crippen molar-refractivity contribution in [3.8, 4) is 0 Å². The first-order chi connectivity index (χ1) is 14.6. The SMILES string of the molecule is C=C1C(=CC=C2CCC[C@]3(C)C([C@H](C)OCC(=O)OC(C)C)=CC[C@@H]23)C[C@@H](O)C[C@@H]1O. The minimum Gasteiger partial charge on any atom is -0.461 e. The van der Waals surface area contributed by atoms with Gasteiger partial charge in [-0.2, -0.15) is 0 Å². The quantitative estimate of drug-likeness (QED) is 0.482. The zero-order valence-electron chi connectivity index (χ0n) is 19.4. The first kappa shape index (κ1) is 24.0. The van der Waals surface area contributed by atoms with Gasteiger partial charge in [-0.3, -0.25) is 0 Å². The number of ether oxygens (including phenoxy) is 2. The van der Waals surface area contributed by atoms with E-state index in [0.717, 1.165) is 36.8 Å². The maximum atomic E-state index is 11.9. The van der Waals surface area contributed by atoms with Gasteiger partial charge in [-0.25, -0.2) is 4.79 Å². The lowest BCUT2D eigenvalue weighted by Crippen LogP contribution is -2.35. The molecule has 3 aliphatic rings. The van der Waals surface area contributed by atoms with E-state index in [0.29, 0.717) is 18.8 Å². The van der Waals surface area contributed by atoms with E-state index in [1.165, 1.54) is 11.1 Å². The topological polar surface area (TPSA) is 76.0 Å². The summed E-state index contributed by atoms with van der Waals surface area (Å²) in [4.78, 5) is 11.9. The number of allylic oxidation sites excluding steroid dienone is 4. The van der Waals surface area contributed by atoms with Crippen molar-refractivity contribution in [3.05, 3.63) is 47.1 Å². The molecule has 0 radical (unpaired) electrons. The van der Waals surface area contributed by atoms with E-state index in [1.807, 2.05) is 20.8 Å². The number of aliphatic hydroxyl groups is 2. The van der Waals surface area contributed by atoms with Gasteiger partial charge in [0.15, 0.2) is 0 Å². The molecule has 0 aromatic carbocycles. The van der Waals surface area contributed by atoms with E-state index in [-0.39, 0.29) is 30.2 Å². The van der Waals surface area contributed by atoms with E-state index < -0.39 is 12.2 Å². The number of hydrogen-bond donors (Lipinski definition) is 2. The van der Waals surface area contributed by atoms with Gasteiger partial charge in [0.25, 0.3) is 0 Å². The Hall–Kier alpha value is -1.69. The lowest BCUT2D eigenvalue weighted by atomic mass is 9.63. The molecule has 0 saturated heterocycles. The fourth-order valence-electron chi connectivity index (χ4n) is 5.53. The molecule has 0 aliphatic heterocycles. The minimum atomic E-state index is -0.662. The molecule has 5 nitrogen and oxygen atoms in total. The van der Waals surface area contributed by atoms with Crippen molar-refractivity contribution < 1.29 is 24.5 Å². The molecule has 0 bridgehead atoms. The summed E-state index contributed by atoms with van der Waals surface area (Å²) in [5.74, 6) is 0.0866. The van der Waals surface area contributed by atoms with E-state index in [4.69, 9.17) is 9.47 Å². The summed E-state index contributed by atoms with van der Waals surface area (Å²) in [7, 11) is 0. The van der Waals surface area contributed by atoms with Gasteiger partial charge in [0.05, 0.1) is 24.4 Å². The van der Waals surface area contributed by atoms with Gasteiger partial charge < -0.3 is 19.7 Å². The smallest absolute Gasteiger partial charge is 0.332 e. The molecular weight excluding hydrogens is 392 g/mol. The van der Waals surface area contributed by atoms with Crippen molar-refractivity contribution in [2.45, 2.75) is 90.6 Å². The third-order valence-electron chi connectivity index (χ3n) is 7.13. The van der Waals surface area contributed by atoms with Gasteiger partial charge in [0.1, 0.15) is 6.61 Å². The highest BCUT2D eigenvalue weighted by Crippen LogP contribution is 2.55. The van der Waals surface area contributed by atoms with Crippen LogP contribution in [0.1, 0.15) is 66.2 Å². The highest BCUT2D eigenvalue weighted by Gasteiger charge is 2.46. The Labute approximate surface area is 186 Å². The Kier molecular flexibility index (Phi) is 7.61. The fraction of sp³-hybridized carbons (Fsp3) is 0.654. The molecule has 2 fully saturated rings. The maximum Gasteiger partial charge on any atom is 0.332 e. The number of carbonyl (C=O) groups excluding carboxylic acids is 1. The van der Waals surface area contributed by atoms with Crippen molar-refractivity contribution >= 4 is 5.97 Å². The van der Waals surface area contributed by atoms with Crippen molar-refractivity contribution in [2.24, 2.45) is 11.3 Å². The van der Waals surface area contributed by atoms with E-state index in [9.17, 15) is 15.0 Å². The number of esters is 1. The molecule has 3 rings (SSSR count). The predicted molar refractivity (Wildman–Crippen MR) is 121 cm³/mol. The lowest BCUT2D eigenvalue weighted by molar-refractivity contribution is -0.154. The van der Waals surface area contributed by atoms with Crippen LogP contribution in [0.2, 0.25) is 0 Å². The Morgan fingerprint density at radius 2 is 2.06 bits per heavy atom. The molecule has 2 N–H and O–H groups in total. The number of carbonyl (C=O) groups is 1. The summed E-state index contributed by atoms with van der Waals surface area (Å²) in [6, 6.07) is 0. The Morgan fingerprint density at radius 1 is 1.32 bits per heavy atom. The van der Waals surface area contributed by atoms with Crippen LogP contribution in [0.25, 0.3) is 0 Å². The molecule has 3 aliphatic carbocycles. The van der Waals surface area contributed by atoms with Gasteiger partial charge in [-0.15, -0.1) is 0 Å². The number of aliphatic hydroxyl groups excluding tert-OH is 2. The third-order valence-corrected chi connectivity index (χ3v) is 7.13. The molecular formula is C26H38O5. The molecule has 0 heterocycles. The largest absolute Gasteiger partial charge is 0.461 e. The van der Waals surface area contributed by atoms with Crippen molar-refractivity contribution in [1.29, 1.82) is 0 Å². The second-order valence-electron chi connectivity index (χ2n) is 9.78. The van der Waals surface area contributed by atoms with Crippen LogP contribution >= 0.6 is 0 Å². The Bertz CT molecular complexity index is 790. The molecule has 5 atom stereocenters. The van der Waals surface area contributed by atoms with Gasteiger partial charge in [-0.05, 0) is 80.9 Å². The zero-order chi connectivity index (χ0) is 22.8. The molecule has 0 unspecified atom stereocenters. The lowest BCUT2D eigenvalue weighted by Gasteiger charge is -2.42. The van der Waals surface area contributed by atoms with Crippen molar-refractivity contribution in [2.75, 3.05) is 6.61 Å². The number of fused-ring (bicyclic) bond motifs is 1. The van der Waals surface area contributed by atoms with Crippen LogP contribution in [-0.4, -0.2) is 47.2 Å². The molecule has 31 heavy (non-hydrogen) atoms. The molecule has 0 aromatic heterocycles. The maximum absolute atomic E-state index is 11.9. The normalized spacial score (nSPS) is 34.7. The van der Waals surface area contributed by atoms with Crippen LogP contribution in [0, 0.1) is 11.3 Å². The summed E-state index contributed by atoms with van der Waals surface area (Å²) >= 11 is 0. The zero-order valence-corrected chi connectivity index (χ0v) is 19.4. The molecule has 0 spiro atoms. The first-order valence-electron chi connectivity index (χ1n) is 11.6. The van der Waals surface area contributed by atoms with Crippen LogP contribution < -0.4 is 0 Å². The summed E-state index contributed by atoms with van der Waals surface area (Å²) in [5.41, 5.74) is 4.37. The van der Waals surface area contributed by atoms with E-state index >= 15 is 0 Å². The van der Waals surface area contributed by atoms with Crippen LogP contribution in [0.4, 0.5) is 0 Å². The fourth-order valence-corrected chi connectivity index (χ4v) is 5.53. The van der Waals surface area contributed by atoms with Crippen molar-refractivity contribution in [1.82, 2.24) is 0 Å². The molecule has 2 saturated carbocycles.